The molecule has 0 aromatic heterocycles. The van der Waals surface area contributed by atoms with Crippen molar-refractivity contribution in [2.45, 2.75) is 6.92 Å². The van der Waals surface area contributed by atoms with Crippen molar-refractivity contribution < 1.29 is 22.9 Å². The highest BCUT2D eigenvalue weighted by molar-refractivity contribution is 7.83. The summed E-state index contributed by atoms with van der Waals surface area (Å²) in [5, 5.41) is 12.6. The Bertz CT molecular complexity index is 438. The van der Waals surface area contributed by atoms with Crippen LogP contribution >= 0.6 is 0 Å². The number of benzene rings is 1. The molecule has 0 atom stereocenters. The van der Waals surface area contributed by atoms with Gasteiger partial charge in [0.25, 0.3) is 0 Å². The van der Waals surface area contributed by atoms with Gasteiger partial charge in [0.1, 0.15) is 0 Å². The van der Waals surface area contributed by atoms with Crippen molar-refractivity contribution in [3.63, 3.8) is 0 Å². The summed E-state index contributed by atoms with van der Waals surface area (Å²) in [6.45, 7) is 2.28. The highest BCUT2D eigenvalue weighted by atomic mass is 32.2. The van der Waals surface area contributed by atoms with Crippen LogP contribution in [0.25, 0.3) is 0 Å². The maximum Gasteiger partial charge on any atom is 0.411 e. The highest BCUT2D eigenvalue weighted by Crippen LogP contribution is 2.12. The van der Waals surface area contributed by atoms with Gasteiger partial charge in [-0.25, -0.2) is 9.93 Å². The third-order valence-corrected chi connectivity index (χ3v) is 1.61. The van der Waals surface area contributed by atoms with Gasteiger partial charge >= 0.3 is 16.4 Å². The minimum Gasteiger partial charge on any atom is -0.465 e. The quantitative estimate of drug-likeness (QED) is 0.685. The van der Waals surface area contributed by atoms with E-state index in [1.807, 2.05) is 18.2 Å². The molecule has 0 saturated heterocycles. The molecule has 0 fully saturated rings. The third kappa shape index (κ3) is 8.20. The number of hydrogen-bond acceptors (Lipinski definition) is 3. The van der Waals surface area contributed by atoms with Crippen LogP contribution in [0.3, 0.4) is 0 Å². The molecule has 0 unspecified atom stereocenters. The monoisotopic (exact) mass is 262 g/mol. The number of anilines is 1. The van der Waals surface area contributed by atoms with Crippen molar-refractivity contribution in [3.8, 4) is 0 Å². The third-order valence-electron chi connectivity index (χ3n) is 1.61. The van der Waals surface area contributed by atoms with E-state index >= 15 is 0 Å². The van der Waals surface area contributed by atoms with Crippen LogP contribution < -0.4 is 10.0 Å². The maximum atomic E-state index is 10.7. The summed E-state index contributed by atoms with van der Waals surface area (Å²) < 4.78 is 25.2. The Morgan fingerprint density at radius 1 is 1.35 bits per heavy atom. The Balaban J connectivity index is 0.000000437. The fraction of sp³-hybridized carbons (Fsp3) is 0.222. The molecule has 0 radical (unpaired) electrons. The molecule has 0 saturated carbocycles. The second kappa shape index (κ2) is 6.84. The van der Waals surface area contributed by atoms with Crippen molar-refractivity contribution in [2.75, 3.05) is 11.4 Å². The van der Waals surface area contributed by atoms with Crippen LogP contribution in [0.1, 0.15) is 6.92 Å². The minimum absolute atomic E-state index is 0.472. The van der Waals surface area contributed by atoms with E-state index in [9.17, 15) is 4.79 Å². The van der Waals surface area contributed by atoms with E-state index in [1.165, 1.54) is 4.90 Å². The van der Waals surface area contributed by atoms with Gasteiger partial charge in [-0.15, -0.1) is 0 Å². The van der Waals surface area contributed by atoms with Gasteiger partial charge in [-0.05, 0) is 19.1 Å². The van der Waals surface area contributed by atoms with E-state index in [1.54, 1.807) is 19.1 Å². The number of nitrogens with zero attached hydrogens (tertiary/aromatic N) is 1. The normalized spacial score (nSPS) is 10.1. The van der Waals surface area contributed by atoms with Crippen LogP contribution in [0.5, 0.6) is 0 Å². The molecule has 8 heteroatoms. The summed E-state index contributed by atoms with van der Waals surface area (Å²) in [7, 11) is -4.17. The maximum absolute atomic E-state index is 10.7. The van der Waals surface area contributed by atoms with Gasteiger partial charge in [-0.2, -0.15) is 8.42 Å². The lowest BCUT2D eigenvalue weighted by molar-refractivity contribution is 0.202. The first-order valence-corrected chi connectivity index (χ1v) is 6.06. The first-order valence-electron chi connectivity index (χ1n) is 4.56. The van der Waals surface area contributed by atoms with Gasteiger partial charge in [0.05, 0.1) is 0 Å². The number of carbonyl (C=O) groups is 1. The summed E-state index contributed by atoms with van der Waals surface area (Å²) in [4.78, 5) is 11.9. The van der Waals surface area contributed by atoms with Crippen molar-refractivity contribution in [1.82, 2.24) is 0 Å². The van der Waals surface area contributed by atoms with E-state index in [0.29, 0.717) is 12.2 Å². The molecular weight excluding hydrogens is 248 g/mol. The van der Waals surface area contributed by atoms with E-state index in [0.717, 1.165) is 0 Å². The molecule has 96 valence electrons. The SMILES string of the molecule is CCN(C(=O)O)c1ccccc1.NS(=O)(=O)O. The molecule has 0 aliphatic rings. The Morgan fingerprint density at radius 3 is 2.06 bits per heavy atom. The van der Waals surface area contributed by atoms with Crippen molar-refractivity contribution in [1.29, 1.82) is 0 Å². The molecule has 0 spiro atoms. The fourth-order valence-electron chi connectivity index (χ4n) is 1.04. The average Bonchev–Trinajstić information content (AvgIpc) is 2.17. The van der Waals surface area contributed by atoms with Gasteiger partial charge in [0.15, 0.2) is 0 Å². The van der Waals surface area contributed by atoms with Crippen molar-refractivity contribution in [2.24, 2.45) is 5.14 Å². The zero-order valence-corrected chi connectivity index (χ0v) is 9.96. The minimum atomic E-state index is -4.17. The van der Waals surface area contributed by atoms with E-state index in [2.05, 4.69) is 5.14 Å². The molecule has 7 nitrogen and oxygen atoms in total. The summed E-state index contributed by atoms with van der Waals surface area (Å²) in [5.41, 5.74) is 0.715. The number of amides is 1. The van der Waals surface area contributed by atoms with Crippen LogP contribution in [-0.4, -0.2) is 30.7 Å². The first kappa shape index (κ1) is 15.4. The largest absolute Gasteiger partial charge is 0.465 e. The predicted molar refractivity (Wildman–Crippen MR) is 63.2 cm³/mol. The fourth-order valence-corrected chi connectivity index (χ4v) is 1.04. The number of nitrogens with two attached hydrogens (primary N) is 1. The Morgan fingerprint density at radius 2 is 1.76 bits per heavy atom. The smallest absolute Gasteiger partial charge is 0.411 e. The molecule has 1 aromatic carbocycles. The van der Waals surface area contributed by atoms with Crippen LogP contribution in [-0.2, 0) is 10.3 Å². The summed E-state index contributed by atoms with van der Waals surface area (Å²) >= 11 is 0. The average molecular weight is 262 g/mol. The van der Waals surface area contributed by atoms with Crippen LogP contribution in [0.2, 0.25) is 0 Å². The molecular formula is C9H14N2O5S. The van der Waals surface area contributed by atoms with E-state index < -0.39 is 16.4 Å². The standard InChI is InChI=1S/C9H11NO2.H3NO3S/c1-2-10(9(11)12)8-6-4-3-5-7-8;1-5(2,3)4/h3-7H,2H2,1H3,(H,11,12);(H3,1,2,3,4). The zero-order chi connectivity index (χ0) is 13.5. The topological polar surface area (TPSA) is 121 Å². The molecule has 0 bridgehead atoms. The van der Waals surface area contributed by atoms with E-state index in [4.69, 9.17) is 18.1 Å². The van der Waals surface area contributed by atoms with E-state index in [-0.39, 0.29) is 0 Å². The summed E-state index contributed by atoms with van der Waals surface area (Å²) in [6.07, 6.45) is -0.913. The number of hydrogen-bond donors (Lipinski definition) is 3. The summed E-state index contributed by atoms with van der Waals surface area (Å²) in [5.74, 6) is 0. The predicted octanol–water partition coefficient (Wildman–Crippen LogP) is 0.939. The Hall–Kier alpha value is -1.64. The zero-order valence-electron chi connectivity index (χ0n) is 9.15. The molecule has 1 amide bonds. The molecule has 0 aliphatic carbocycles. The lowest BCUT2D eigenvalue weighted by Gasteiger charge is -2.16. The molecule has 17 heavy (non-hydrogen) atoms. The van der Waals surface area contributed by atoms with Crippen LogP contribution in [0.15, 0.2) is 30.3 Å². The van der Waals surface area contributed by atoms with Crippen molar-refractivity contribution >= 4 is 22.1 Å². The Kier molecular flexibility index (Phi) is 6.18. The number of para-hydroxylation sites is 1. The van der Waals surface area contributed by atoms with Crippen LogP contribution in [0, 0.1) is 0 Å². The second-order valence-electron chi connectivity index (χ2n) is 2.88. The van der Waals surface area contributed by atoms with Gasteiger partial charge in [0, 0.05) is 12.2 Å². The van der Waals surface area contributed by atoms with Gasteiger partial charge < -0.3 is 5.11 Å². The molecule has 1 aromatic rings. The van der Waals surface area contributed by atoms with Gasteiger partial charge in [-0.1, -0.05) is 18.2 Å². The van der Waals surface area contributed by atoms with Gasteiger partial charge in [0.2, 0.25) is 0 Å². The lowest BCUT2D eigenvalue weighted by Crippen LogP contribution is -2.28. The lowest BCUT2D eigenvalue weighted by atomic mass is 10.3. The highest BCUT2D eigenvalue weighted by Gasteiger charge is 2.09. The number of rotatable bonds is 2. The van der Waals surface area contributed by atoms with Gasteiger partial charge in [-0.3, -0.25) is 9.45 Å². The molecule has 0 heterocycles. The second-order valence-corrected chi connectivity index (χ2v) is 3.91. The Labute approximate surface area is 99.4 Å². The molecule has 1 rings (SSSR count). The molecule has 4 N–H and O–H groups in total. The first-order chi connectivity index (χ1) is 7.75. The molecule has 0 aliphatic heterocycles. The van der Waals surface area contributed by atoms with Crippen molar-refractivity contribution in [3.05, 3.63) is 30.3 Å². The number of carboxylic acid groups (broad SMARTS) is 1. The van der Waals surface area contributed by atoms with Crippen LogP contribution in [0.4, 0.5) is 10.5 Å². The summed E-state index contributed by atoms with van der Waals surface area (Å²) in [6, 6.07) is 9.05.